The fourth-order valence-corrected chi connectivity index (χ4v) is 3.41. The van der Waals surface area contributed by atoms with Crippen LogP contribution in [0, 0.1) is 6.92 Å². The van der Waals surface area contributed by atoms with Crippen LogP contribution in [0.4, 0.5) is 0 Å². The van der Waals surface area contributed by atoms with Crippen LogP contribution in [0.1, 0.15) is 24.4 Å². The van der Waals surface area contributed by atoms with E-state index >= 15 is 0 Å². The molecule has 1 aromatic carbocycles. The molecule has 1 atom stereocenters. The van der Waals surface area contributed by atoms with E-state index in [0.717, 1.165) is 24.1 Å². The van der Waals surface area contributed by atoms with Gasteiger partial charge in [0.05, 0.1) is 11.6 Å². The number of aryl methyl sites for hydroxylation is 1. The van der Waals surface area contributed by atoms with Gasteiger partial charge in [-0.25, -0.2) is 4.68 Å². The van der Waals surface area contributed by atoms with Crippen LogP contribution in [0.15, 0.2) is 36.4 Å². The molecule has 0 saturated heterocycles. The zero-order chi connectivity index (χ0) is 16.0. The van der Waals surface area contributed by atoms with Crippen molar-refractivity contribution in [2.75, 3.05) is 6.54 Å². The van der Waals surface area contributed by atoms with Crippen molar-refractivity contribution in [3.63, 3.8) is 0 Å². The molecule has 2 aromatic heterocycles. The molecule has 0 spiro atoms. The third-order valence-corrected chi connectivity index (χ3v) is 4.72. The van der Waals surface area contributed by atoms with Gasteiger partial charge in [-0.1, -0.05) is 17.3 Å². The Bertz CT molecular complexity index is 878. The van der Waals surface area contributed by atoms with E-state index in [1.165, 1.54) is 11.4 Å². The molecule has 6 nitrogen and oxygen atoms in total. The van der Waals surface area contributed by atoms with Gasteiger partial charge in [-0.2, -0.15) is 0 Å². The molecule has 118 valence electrons. The average molecular weight is 309 g/mol. The van der Waals surface area contributed by atoms with Crippen LogP contribution in [-0.4, -0.2) is 36.9 Å². The average Bonchev–Trinajstić information content (AvgIpc) is 3.13. The molecule has 0 bridgehead atoms. The summed E-state index contributed by atoms with van der Waals surface area (Å²) in [7, 11) is 0. The molecule has 0 radical (unpaired) electrons. The molecule has 6 heteroatoms. The number of fused-ring (bicyclic) bond motifs is 2. The lowest BCUT2D eigenvalue weighted by molar-refractivity contribution is -0.135. The molecule has 0 saturated carbocycles. The number of amides is 1. The van der Waals surface area contributed by atoms with Crippen molar-refractivity contribution in [3.05, 3.63) is 47.8 Å². The summed E-state index contributed by atoms with van der Waals surface area (Å²) in [5.41, 5.74) is 4.16. The topological polar surface area (TPSA) is 56.0 Å². The van der Waals surface area contributed by atoms with E-state index in [9.17, 15) is 4.79 Å². The van der Waals surface area contributed by atoms with Gasteiger partial charge < -0.3 is 9.47 Å². The van der Waals surface area contributed by atoms with E-state index in [4.69, 9.17) is 0 Å². The van der Waals surface area contributed by atoms with E-state index in [-0.39, 0.29) is 18.5 Å². The molecule has 3 aromatic rings. The molecule has 1 amide bonds. The van der Waals surface area contributed by atoms with Crippen molar-refractivity contribution in [1.82, 2.24) is 24.5 Å². The first kappa shape index (κ1) is 14.0. The molecule has 3 heterocycles. The van der Waals surface area contributed by atoms with Gasteiger partial charge in [0, 0.05) is 24.5 Å². The van der Waals surface area contributed by atoms with Crippen molar-refractivity contribution in [2.45, 2.75) is 33.0 Å². The Morgan fingerprint density at radius 3 is 2.91 bits per heavy atom. The molecule has 0 aliphatic carbocycles. The Morgan fingerprint density at radius 2 is 2.04 bits per heavy atom. The minimum absolute atomic E-state index is 0.0817. The molecular formula is C17H19N5O. The van der Waals surface area contributed by atoms with Crippen LogP contribution in [0.2, 0.25) is 0 Å². The second-order valence-electron chi connectivity index (χ2n) is 6.05. The summed E-state index contributed by atoms with van der Waals surface area (Å²) < 4.78 is 3.97. The predicted octanol–water partition coefficient (Wildman–Crippen LogP) is 2.14. The minimum atomic E-state index is 0.0817. The van der Waals surface area contributed by atoms with E-state index in [1.807, 2.05) is 29.2 Å². The largest absolute Gasteiger partial charge is 0.345 e. The van der Waals surface area contributed by atoms with E-state index < -0.39 is 0 Å². The number of nitrogens with zero attached hydrogens (tertiary/aromatic N) is 5. The van der Waals surface area contributed by atoms with Crippen molar-refractivity contribution in [1.29, 1.82) is 0 Å². The maximum atomic E-state index is 12.8. The molecule has 0 fully saturated rings. The Hall–Kier alpha value is -2.63. The third kappa shape index (κ3) is 2.21. The molecule has 23 heavy (non-hydrogen) atoms. The van der Waals surface area contributed by atoms with Crippen molar-refractivity contribution in [3.8, 4) is 0 Å². The van der Waals surface area contributed by atoms with E-state index in [1.54, 1.807) is 4.68 Å². The van der Waals surface area contributed by atoms with Crippen LogP contribution in [0.3, 0.4) is 0 Å². The second-order valence-corrected chi connectivity index (χ2v) is 6.05. The highest BCUT2D eigenvalue weighted by molar-refractivity contribution is 5.80. The van der Waals surface area contributed by atoms with Gasteiger partial charge in [0.25, 0.3) is 0 Å². The molecule has 4 rings (SSSR count). The van der Waals surface area contributed by atoms with Gasteiger partial charge in [0.1, 0.15) is 12.1 Å². The molecule has 1 aliphatic heterocycles. The van der Waals surface area contributed by atoms with Crippen LogP contribution >= 0.6 is 0 Å². The summed E-state index contributed by atoms with van der Waals surface area (Å²) in [4.78, 5) is 14.7. The molecular weight excluding hydrogens is 290 g/mol. The van der Waals surface area contributed by atoms with Gasteiger partial charge in [0.15, 0.2) is 0 Å². The van der Waals surface area contributed by atoms with Gasteiger partial charge in [0.2, 0.25) is 5.91 Å². The highest BCUT2D eigenvalue weighted by Gasteiger charge is 2.28. The number of benzene rings is 1. The monoisotopic (exact) mass is 309 g/mol. The van der Waals surface area contributed by atoms with Crippen LogP contribution in [-0.2, 0) is 17.9 Å². The summed E-state index contributed by atoms with van der Waals surface area (Å²) in [5, 5.41) is 8.23. The normalized spacial score (nSPS) is 17.5. The highest BCUT2D eigenvalue weighted by Crippen LogP contribution is 2.27. The smallest absolute Gasteiger partial charge is 0.245 e. The minimum Gasteiger partial charge on any atom is -0.345 e. The first-order valence-corrected chi connectivity index (χ1v) is 7.89. The first-order chi connectivity index (χ1) is 11.1. The fourth-order valence-electron chi connectivity index (χ4n) is 3.41. The highest BCUT2D eigenvalue weighted by atomic mass is 16.2. The van der Waals surface area contributed by atoms with Gasteiger partial charge >= 0.3 is 0 Å². The number of rotatable bonds is 2. The van der Waals surface area contributed by atoms with Crippen molar-refractivity contribution < 1.29 is 4.79 Å². The SMILES string of the molecule is Cc1ccc2n1CCN(C(=O)Cn1nnc3ccccc31)C2C. The Balaban J connectivity index is 1.58. The Kier molecular flexibility index (Phi) is 3.18. The predicted molar refractivity (Wildman–Crippen MR) is 86.8 cm³/mol. The van der Waals surface area contributed by atoms with Gasteiger partial charge in [-0.3, -0.25) is 4.79 Å². The van der Waals surface area contributed by atoms with E-state index in [0.29, 0.717) is 0 Å². The molecule has 1 aliphatic rings. The number of carbonyl (C=O) groups is 1. The van der Waals surface area contributed by atoms with Gasteiger partial charge in [-0.15, -0.1) is 5.10 Å². The number of carbonyl (C=O) groups excluding carboxylic acids is 1. The zero-order valence-electron chi connectivity index (χ0n) is 13.3. The van der Waals surface area contributed by atoms with Crippen molar-refractivity contribution >= 4 is 16.9 Å². The summed E-state index contributed by atoms with van der Waals surface area (Å²) in [6, 6.07) is 12.0. The van der Waals surface area contributed by atoms with Crippen molar-refractivity contribution in [2.24, 2.45) is 0 Å². The second kappa shape index (κ2) is 5.22. The summed E-state index contributed by atoms with van der Waals surface area (Å²) >= 11 is 0. The molecule has 1 unspecified atom stereocenters. The first-order valence-electron chi connectivity index (χ1n) is 7.89. The number of hydrogen-bond acceptors (Lipinski definition) is 3. The molecule has 0 N–H and O–H groups in total. The quantitative estimate of drug-likeness (QED) is 0.729. The van der Waals surface area contributed by atoms with Crippen LogP contribution in [0.5, 0.6) is 0 Å². The third-order valence-electron chi connectivity index (χ3n) is 4.72. The Labute approximate surface area is 134 Å². The fraction of sp³-hybridized carbons (Fsp3) is 0.353. The number of para-hydroxylation sites is 1. The maximum Gasteiger partial charge on any atom is 0.245 e. The van der Waals surface area contributed by atoms with Crippen LogP contribution in [0.25, 0.3) is 11.0 Å². The zero-order valence-corrected chi connectivity index (χ0v) is 13.3. The summed E-state index contributed by atoms with van der Waals surface area (Å²) in [5.74, 6) is 0.0817. The number of hydrogen-bond donors (Lipinski definition) is 0. The van der Waals surface area contributed by atoms with E-state index in [2.05, 4.69) is 40.9 Å². The lowest BCUT2D eigenvalue weighted by Crippen LogP contribution is -2.42. The summed E-state index contributed by atoms with van der Waals surface area (Å²) in [6.07, 6.45) is 0. The Morgan fingerprint density at radius 1 is 1.22 bits per heavy atom. The number of aromatic nitrogens is 4. The standard InChI is InChI=1S/C17H19N5O/c1-12-7-8-15-13(2)21(10-9-20(12)15)17(23)11-22-16-6-4-3-5-14(16)18-19-22/h3-8,13H,9-11H2,1-2H3. The lowest BCUT2D eigenvalue weighted by Gasteiger charge is -2.35. The maximum absolute atomic E-state index is 12.8. The van der Waals surface area contributed by atoms with Gasteiger partial charge in [-0.05, 0) is 38.1 Å². The lowest BCUT2D eigenvalue weighted by atomic mass is 10.1. The van der Waals surface area contributed by atoms with Crippen LogP contribution < -0.4 is 0 Å². The summed E-state index contributed by atoms with van der Waals surface area (Å²) in [6.45, 7) is 6.00.